The van der Waals surface area contributed by atoms with Gasteiger partial charge >= 0.3 is 5.97 Å². The third kappa shape index (κ3) is 5.05. The van der Waals surface area contributed by atoms with Crippen LogP contribution in [0.25, 0.3) is 5.69 Å². The van der Waals surface area contributed by atoms with Crippen LogP contribution in [0, 0.1) is 12.7 Å². The zero-order valence-electron chi connectivity index (χ0n) is 15.7. The number of carbonyl (C=O) groups excluding carboxylic acids is 2. The predicted molar refractivity (Wildman–Crippen MR) is 107 cm³/mol. The lowest BCUT2D eigenvalue weighted by atomic mass is 10.0. The Morgan fingerprint density at radius 3 is 2.45 bits per heavy atom. The fourth-order valence-corrected chi connectivity index (χ4v) is 3.00. The van der Waals surface area contributed by atoms with Gasteiger partial charge in [-0.25, -0.2) is 14.1 Å². The predicted octanol–water partition coefficient (Wildman–Crippen LogP) is 3.51. The first kappa shape index (κ1) is 20.7. The van der Waals surface area contributed by atoms with E-state index in [0.717, 1.165) is 10.0 Å². The van der Waals surface area contributed by atoms with Crippen LogP contribution in [0.1, 0.15) is 34.5 Å². The average Bonchev–Trinajstić information content (AvgIpc) is 3.10. The standard InChI is InChI=1S/C20H18BrFN4O3/c1-12-23-19(25-26(12)16-9-7-15(22)8-10-16)20(28)24-17(11-18(27)29-2)13-3-5-14(21)6-4-13/h3-10,17H,11H2,1-2H3,(H,24,28)/t17-/m1/s1. The molecule has 1 aromatic heterocycles. The molecule has 0 unspecified atom stereocenters. The van der Waals surface area contributed by atoms with Gasteiger partial charge in [0.2, 0.25) is 5.82 Å². The molecule has 29 heavy (non-hydrogen) atoms. The Kier molecular flexibility index (Phi) is 6.38. The average molecular weight is 461 g/mol. The molecule has 1 amide bonds. The minimum Gasteiger partial charge on any atom is -0.469 e. The maximum absolute atomic E-state index is 13.1. The molecule has 0 bridgehead atoms. The van der Waals surface area contributed by atoms with E-state index in [2.05, 4.69) is 31.3 Å². The molecule has 0 aliphatic rings. The van der Waals surface area contributed by atoms with Crippen molar-refractivity contribution in [1.29, 1.82) is 0 Å². The molecule has 1 atom stereocenters. The van der Waals surface area contributed by atoms with Crippen LogP contribution < -0.4 is 5.32 Å². The summed E-state index contributed by atoms with van der Waals surface area (Å²) in [6.45, 7) is 1.69. The quantitative estimate of drug-likeness (QED) is 0.568. The highest BCUT2D eigenvalue weighted by Crippen LogP contribution is 2.21. The number of halogens is 2. The van der Waals surface area contributed by atoms with Crippen molar-refractivity contribution < 1.29 is 18.7 Å². The third-order valence-corrected chi connectivity index (χ3v) is 4.75. The SMILES string of the molecule is COC(=O)C[C@@H](NC(=O)c1nc(C)n(-c2ccc(F)cc2)n1)c1ccc(Br)cc1. The van der Waals surface area contributed by atoms with Gasteiger partial charge < -0.3 is 10.1 Å². The molecule has 0 aliphatic carbocycles. The summed E-state index contributed by atoms with van der Waals surface area (Å²) in [5, 5.41) is 7.00. The maximum Gasteiger partial charge on any atom is 0.307 e. The highest BCUT2D eigenvalue weighted by atomic mass is 79.9. The molecule has 7 nitrogen and oxygen atoms in total. The van der Waals surface area contributed by atoms with E-state index >= 15 is 0 Å². The molecule has 9 heteroatoms. The number of aromatic nitrogens is 3. The molecule has 0 saturated heterocycles. The number of nitrogens with one attached hydrogen (secondary N) is 1. The molecule has 3 rings (SSSR count). The normalized spacial score (nSPS) is 11.7. The topological polar surface area (TPSA) is 86.1 Å². The minimum atomic E-state index is -0.610. The lowest BCUT2D eigenvalue weighted by Gasteiger charge is -2.17. The second kappa shape index (κ2) is 8.95. The molecule has 1 N–H and O–H groups in total. The molecule has 0 aliphatic heterocycles. The Bertz CT molecular complexity index is 1020. The molecule has 0 saturated carbocycles. The zero-order chi connectivity index (χ0) is 21.0. The third-order valence-electron chi connectivity index (χ3n) is 4.22. The largest absolute Gasteiger partial charge is 0.469 e. The first-order chi connectivity index (χ1) is 13.9. The molecular weight excluding hydrogens is 443 g/mol. The summed E-state index contributed by atoms with van der Waals surface area (Å²) >= 11 is 3.36. The number of amides is 1. The Balaban J connectivity index is 1.84. The number of benzene rings is 2. The van der Waals surface area contributed by atoms with E-state index < -0.39 is 17.9 Å². The van der Waals surface area contributed by atoms with Crippen molar-refractivity contribution in [3.05, 3.63) is 76.0 Å². The van der Waals surface area contributed by atoms with Gasteiger partial charge in [-0.15, -0.1) is 5.10 Å². The summed E-state index contributed by atoms with van der Waals surface area (Å²) in [5.41, 5.74) is 1.32. The summed E-state index contributed by atoms with van der Waals surface area (Å²) < 4.78 is 20.2. The van der Waals surface area contributed by atoms with Crippen LogP contribution in [0.5, 0.6) is 0 Å². The van der Waals surface area contributed by atoms with Gasteiger partial charge in [-0.1, -0.05) is 28.1 Å². The van der Waals surface area contributed by atoms with E-state index in [-0.39, 0.29) is 18.1 Å². The first-order valence-corrected chi connectivity index (χ1v) is 9.49. The van der Waals surface area contributed by atoms with E-state index in [1.54, 1.807) is 31.2 Å². The highest BCUT2D eigenvalue weighted by Gasteiger charge is 2.23. The Hall–Kier alpha value is -3.07. The summed E-state index contributed by atoms with van der Waals surface area (Å²) in [7, 11) is 1.29. The van der Waals surface area contributed by atoms with E-state index in [1.165, 1.54) is 23.9 Å². The van der Waals surface area contributed by atoms with E-state index in [4.69, 9.17) is 4.74 Å². The van der Waals surface area contributed by atoms with Crippen LogP contribution in [0.3, 0.4) is 0 Å². The van der Waals surface area contributed by atoms with Crippen molar-refractivity contribution in [3.63, 3.8) is 0 Å². The second-order valence-corrected chi connectivity index (χ2v) is 7.14. The van der Waals surface area contributed by atoms with Crippen LogP contribution in [-0.2, 0) is 9.53 Å². The Morgan fingerprint density at radius 1 is 1.17 bits per heavy atom. The summed E-state index contributed by atoms with van der Waals surface area (Å²) in [6, 6.07) is 12.3. The molecule has 0 spiro atoms. The molecule has 3 aromatic rings. The van der Waals surface area contributed by atoms with E-state index in [1.807, 2.05) is 12.1 Å². The lowest BCUT2D eigenvalue weighted by Crippen LogP contribution is -2.31. The number of methoxy groups -OCH3 is 1. The van der Waals surface area contributed by atoms with Gasteiger partial charge in [0.05, 0.1) is 25.3 Å². The van der Waals surface area contributed by atoms with Crippen molar-refractivity contribution in [2.45, 2.75) is 19.4 Å². The van der Waals surface area contributed by atoms with Crippen LogP contribution in [0.15, 0.2) is 53.0 Å². The number of hydrogen-bond acceptors (Lipinski definition) is 5. The number of carbonyl (C=O) groups is 2. The van der Waals surface area contributed by atoms with Gasteiger partial charge in [0.25, 0.3) is 5.91 Å². The smallest absolute Gasteiger partial charge is 0.307 e. The molecule has 2 aromatic carbocycles. The number of ether oxygens (including phenoxy) is 1. The number of hydrogen-bond donors (Lipinski definition) is 1. The van der Waals surface area contributed by atoms with Crippen LogP contribution >= 0.6 is 15.9 Å². The second-order valence-electron chi connectivity index (χ2n) is 6.23. The van der Waals surface area contributed by atoms with E-state index in [0.29, 0.717) is 11.5 Å². The summed E-state index contributed by atoms with van der Waals surface area (Å²) in [5.74, 6) is -0.955. The number of rotatable bonds is 6. The molecular formula is C20H18BrFN4O3. The van der Waals surface area contributed by atoms with Crippen molar-refractivity contribution in [3.8, 4) is 5.69 Å². The van der Waals surface area contributed by atoms with Gasteiger partial charge in [0.15, 0.2) is 0 Å². The van der Waals surface area contributed by atoms with Crippen molar-refractivity contribution in [1.82, 2.24) is 20.1 Å². The van der Waals surface area contributed by atoms with Gasteiger partial charge in [0, 0.05) is 4.47 Å². The monoisotopic (exact) mass is 460 g/mol. The van der Waals surface area contributed by atoms with Crippen molar-refractivity contribution >= 4 is 27.8 Å². The Morgan fingerprint density at radius 2 is 1.83 bits per heavy atom. The first-order valence-electron chi connectivity index (χ1n) is 8.70. The fraction of sp³-hybridized carbons (Fsp3) is 0.200. The van der Waals surface area contributed by atoms with E-state index in [9.17, 15) is 14.0 Å². The minimum absolute atomic E-state index is 0.0402. The highest BCUT2D eigenvalue weighted by molar-refractivity contribution is 9.10. The molecule has 150 valence electrons. The fourth-order valence-electron chi connectivity index (χ4n) is 2.73. The summed E-state index contributed by atoms with van der Waals surface area (Å²) in [6.07, 6.45) is -0.0402. The molecule has 1 heterocycles. The van der Waals surface area contributed by atoms with Crippen LogP contribution in [0.2, 0.25) is 0 Å². The van der Waals surface area contributed by atoms with Crippen LogP contribution in [-0.4, -0.2) is 33.8 Å². The van der Waals surface area contributed by atoms with Gasteiger partial charge in [0.1, 0.15) is 11.6 Å². The molecule has 0 radical (unpaired) electrons. The lowest BCUT2D eigenvalue weighted by molar-refractivity contribution is -0.141. The summed E-state index contributed by atoms with van der Waals surface area (Å²) in [4.78, 5) is 28.7. The van der Waals surface area contributed by atoms with Gasteiger partial charge in [-0.3, -0.25) is 9.59 Å². The Labute approximate surface area is 175 Å². The zero-order valence-corrected chi connectivity index (χ0v) is 17.3. The number of aryl methyl sites for hydroxylation is 1. The van der Waals surface area contributed by atoms with Gasteiger partial charge in [-0.05, 0) is 48.9 Å². The molecule has 0 fully saturated rings. The number of nitrogens with zero attached hydrogens (tertiary/aromatic N) is 3. The number of esters is 1. The van der Waals surface area contributed by atoms with Gasteiger partial charge in [-0.2, -0.15) is 0 Å². The maximum atomic E-state index is 13.1. The van der Waals surface area contributed by atoms with Crippen LogP contribution in [0.4, 0.5) is 4.39 Å². The van der Waals surface area contributed by atoms with Crippen molar-refractivity contribution in [2.75, 3.05) is 7.11 Å². The van der Waals surface area contributed by atoms with Crippen molar-refractivity contribution in [2.24, 2.45) is 0 Å².